The normalized spacial score (nSPS) is 13.0. The number of aromatic hydroxyl groups is 1. The van der Waals surface area contributed by atoms with E-state index < -0.39 is 0 Å². The van der Waals surface area contributed by atoms with Crippen LogP contribution in [-0.2, 0) is 6.54 Å². The maximum Gasteiger partial charge on any atom is 0.160 e. The van der Waals surface area contributed by atoms with Gasteiger partial charge in [0.15, 0.2) is 11.5 Å². The van der Waals surface area contributed by atoms with Crippen LogP contribution in [-0.4, -0.2) is 36.8 Å². The zero-order chi connectivity index (χ0) is 14.4. The molecule has 0 aromatic heterocycles. The highest BCUT2D eigenvalue weighted by atomic mass is 16.5. The van der Waals surface area contributed by atoms with Crippen LogP contribution in [0.5, 0.6) is 11.5 Å². The molecule has 0 heterocycles. The van der Waals surface area contributed by atoms with Crippen molar-refractivity contribution in [1.82, 2.24) is 4.90 Å². The van der Waals surface area contributed by atoms with Crippen LogP contribution in [0.2, 0.25) is 0 Å². The fourth-order valence-corrected chi connectivity index (χ4v) is 1.93. The van der Waals surface area contributed by atoms with E-state index in [0.717, 1.165) is 25.1 Å². The maximum absolute atomic E-state index is 9.73. The molecule has 0 amide bonds. The Hall–Kier alpha value is -1.26. The number of rotatable bonds is 7. The molecular weight excluding hydrogens is 240 g/mol. The highest BCUT2D eigenvalue weighted by Crippen LogP contribution is 2.26. The number of phenolic OH excluding ortho intramolecular Hbond substituents is 1. The van der Waals surface area contributed by atoms with Gasteiger partial charge in [0.1, 0.15) is 0 Å². The Morgan fingerprint density at radius 2 is 2.05 bits per heavy atom. The van der Waals surface area contributed by atoms with Gasteiger partial charge in [0, 0.05) is 12.6 Å². The number of ether oxygens (including phenoxy) is 1. The molecule has 1 rings (SSSR count). The molecular formula is C15H26N2O2. The first-order valence-electron chi connectivity index (χ1n) is 6.74. The Bertz CT molecular complexity index is 394. The molecule has 0 aliphatic rings. The average Bonchev–Trinajstić information content (AvgIpc) is 2.36. The molecule has 1 aromatic rings. The molecule has 1 atom stereocenters. The van der Waals surface area contributed by atoms with E-state index in [9.17, 15) is 5.11 Å². The lowest BCUT2D eigenvalue weighted by atomic mass is 10.0. The second-order valence-electron chi connectivity index (χ2n) is 5.44. The summed E-state index contributed by atoms with van der Waals surface area (Å²) >= 11 is 0. The summed E-state index contributed by atoms with van der Waals surface area (Å²) < 4.78 is 5.03. The fourth-order valence-electron chi connectivity index (χ4n) is 1.93. The molecule has 0 bridgehead atoms. The van der Waals surface area contributed by atoms with Gasteiger partial charge in [-0.1, -0.05) is 19.9 Å². The summed E-state index contributed by atoms with van der Waals surface area (Å²) in [5.41, 5.74) is 7.11. The number of hydrogen-bond acceptors (Lipinski definition) is 4. The number of phenols is 1. The Labute approximate surface area is 116 Å². The van der Waals surface area contributed by atoms with Crippen molar-refractivity contribution >= 4 is 0 Å². The van der Waals surface area contributed by atoms with Crippen molar-refractivity contribution in [3.63, 3.8) is 0 Å². The number of hydrogen-bond donors (Lipinski definition) is 2. The molecule has 0 saturated carbocycles. The molecule has 4 heteroatoms. The largest absolute Gasteiger partial charge is 0.504 e. The minimum absolute atomic E-state index is 0.187. The molecule has 19 heavy (non-hydrogen) atoms. The van der Waals surface area contributed by atoms with Crippen LogP contribution in [0.15, 0.2) is 18.2 Å². The lowest BCUT2D eigenvalue weighted by Crippen LogP contribution is -2.31. The topological polar surface area (TPSA) is 58.7 Å². The number of nitrogens with zero attached hydrogens (tertiary/aromatic N) is 1. The molecule has 0 aliphatic heterocycles. The van der Waals surface area contributed by atoms with E-state index in [1.54, 1.807) is 19.2 Å². The molecule has 1 aromatic carbocycles. The average molecular weight is 266 g/mol. The first kappa shape index (κ1) is 15.8. The van der Waals surface area contributed by atoms with Crippen molar-refractivity contribution < 1.29 is 9.84 Å². The van der Waals surface area contributed by atoms with Gasteiger partial charge in [-0.2, -0.15) is 0 Å². The number of methoxy groups -OCH3 is 1. The number of nitrogens with two attached hydrogens (primary N) is 1. The fraction of sp³-hybridized carbons (Fsp3) is 0.600. The first-order valence-corrected chi connectivity index (χ1v) is 6.74. The molecule has 4 nitrogen and oxygen atoms in total. The van der Waals surface area contributed by atoms with Gasteiger partial charge in [0.25, 0.3) is 0 Å². The van der Waals surface area contributed by atoms with Crippen molar-refractivity contribution in [3.05, 3.63) is 23.8 Å². The zero-order valence-electron chi connectivity index (χ0n) is 12.4. The monoisotopic (exact) mass is 266 g/mol. The Kier molecular flexibility index (Phi) is 6.12. The van der Waals surface area contributed by atoms with Gasteiger partial charge in [-0.3, -0.25) is 0 Å². The predicted octanol–water partition coefficient (Wildman–Crippen LogP) is 2.21. The van der Waals surface area contributed by atoms with E-state index in [1.807, 2.05) is 6.07 Å². The van der Waals surface area contributed by atoms with E-state index in [-0.39, 0.29) is 11.8 Å². The van der Waals surface area contributed by atoms with Crippen molar-refractivity contribution in [2.75, 3.05) is 20.7 Å². The van der Waals surface area contributed by atoms with E-state index in [0.29, 0.717) is 11.7 Å². The molecule has 1 unspecified atom stereocenters. The number of benzene rings is 1. The second-order valence-corrected chi connectivity index (χ2v) is 5.44. The van der Waals surface area contributed by atoms with Crippen LogP contribution in [0.3, 0.4) is 0 Å². The first-order chi connectivity index (χ1) is 8.93. The van der Waals surface area contributed by atoms with Gasteiger partial charge < -0.3 is 20.5 Å². The Morgan fingerprint density at radius 3 is 2.58 bits per heavy atom. The predicted molar refractivity (Wildman–Crippen MR) is 78.4 cm³/mol. The summed E-state index contributed by atoms with van der Waals surface area (Å²) in [5, 5.41) is 9.73. The highest BCUT2D eigenvalue weighted by Gasteiger charge is 2.10. The van der Waals surface area contributed by atoms with Gasteiger partial charge in [-0.25, -0.2) is 0 Å². The summed E-state index contributed by atoms with van der Waals surface area (Å²) in [6, 6.07) is 5.75. The zero-order valence-corrected chi connectivity index (χ0v) is 12.4. The molecule has 3 N–H and O–H groups in total. The second kappa shape index (κ2) is 7.36. The van der Waals surface area contributed by atoms with Gasteiger partial charge in [0.2, 0.25) is 0 Å². The molecule has 0 aliphatic carbocycles. The quantitative estimate of drug-likeness (QED) is 0.794. The lowest BCUT2D eigenvalue weighted by molar-refractivity contribution is 0.295. The van der Waals surface area contributed by atoms with Crippen LogP contribution in [0.25, 0.3) is 0 Å². The smallest absolute Gasteiger partial charge is 0.160 e. The SMILES string of the molecule is COc1ccc(CN(C)CCC(N)C(C)C)cc1O. The van der Waals surface area contributed by atoms with Crippen molar-refractivity contribution in [3.8, 4) is 11.5 Å². The van der Waals surface area contributed by atoms with Crippen LogP contribution >= 0.6 is 0 Å². The third-order valence-corrected chi connectivity index (χ3v) is 3.40. The van der Waals surface area contributed by atoms with Gasteiger partial charge in [-0.05, 0) is 43.6 Å². The highest BCUT2D eigenvalue weighted by molar-refractivity contribution is 5.41. The molecule has 108 valence electrons. The third kappa shape index (κ3) is 5.09. The Balaban J connectivity index is 2.48. The molecule has 0 spiro atoms. The van der Waals surface area contributed by atoms with Gasteiger partial charge in [-0.15, -0.1) is 0 Å². The summed E-state index contributed by atoms with van der Waals surface area (Å²) in [5.74, 6) is 1.21. The van der Waals surface area contributed by atoms with Crippen molar-refractivity contribution in [2.24, 2.45) is 11.7 Å². The summed E-state index contributed by atoms with van der Waals surface area (Å²) in [4.78, 5) is 2.21. The van der Waals surface area contributed by atoms with Crippen LogP contribution < -0.4 is 10.5 Å². The van der Waals surface area contributed by atoms with Crippen LogP contribution in [0.1, 0.15) is 25.8 Å². The molecule has 0 saturated heterocycles. The lowest BCUT2D eigenvalue weighted by Gasteiger charge is -2.21. The Morgan fingerprint density at radius 1 is 1.37 bits per heavy atom. The van der Waals surface area contributed by atoms with E-state index >= 15 is 0 Å². The van der Waals surface area contributed by atoms with E-state index in [1.165, 1.54) is 0 Å². The van der Waals surface area contributed by atoms with Gasteiger partial charge in [0.05, 0.1) is 7.11 Å². The van der Waals surface area contributed by atoms with E-state index in [2.05, 4.69) is 25.8 Å². The van der Waals surface area contributed by atoms with Crippen molar-refractivity contribution in [2.45, 2.75) is 32.9 Å². The van der Waals surface area contributed by atoms with Crippen LogP contribution in [0.4, 0.5) is 0 Å². The van der Waals surface area contributed by atoms with Gasteiger partial charge >= 0.3 is 0 Å². The maximum atomic E-state index is 9.73. The molecule has 0 radical (unpaired) electrons. The minimum atomic E-state index is 0.187. The molecule has 0 fully saturated rings. The van der Waals surface area contributed by atoms with E-state index in [4.69, 9.17) is 10.5 Å². The summed E-state index contributed by atoms with van der Waals surface area (Å²) in [6.07, 6.45) is 0.982. The summed E-state index contributed by atoms with van der Waals surface area (Å²) in [7, 11) is 3.61. The standard InChI is InChI=1S/C15H26N2O2/c1-11(2)13(16)7-8-17(3)10-12-5-6-15(19-4)14(18)9-12/h5-6,9,11,13,18H,7-8,10,16H2,1-4H3. The third-order valence-electron chi connectivity index (χ3n) is 3.40. The minimum Gasteiger partial charge on any atom is -0.504 e. The summed E-state index contributed by atoms with van der Waals surface area (Å²) in [6.45, 7) is 6.03. The van der Waals surface area contributed by atoms with Crippen LogP contribution in [0, 0.1) is 5.92 Å². The van der Waals surface area contributed by atoms with Crippen molar-refractivity contribution in [1.29, 1.82) is 0 Å².